The van der Waals surface area contributed by atoms with Crippen molar-refractivity contribution in [3.05, 3.63) is 48.5 Å². The summed E-state index contributed by atoms with van der Waals surface area (Å²) in [6, 6.07) is 13.8. The molecule has 0 bridgehead atoms. The molecule has 4 rings (SSSR count). The molecule has 0 radical (unpaired) electrons. The number of rotatable bonds is 2. The third-order valence-corrected chi connectivity index (χ3v) is 6.13. The molecular weight excluding hydrogens is 348 g/mol. The van der Waals surface area contributed by atoms with Crippen LogP contribution in [0.25, 0.3) is 32.8 Å². The number of nitrogens with zero attached hydrogens (tertiary/aromatic N) is 2. The van der Waals surface area contributed by atoms with Crippen LogP contribution < -0.4 is 0 Å². The zero-order valence-corrected chi connectivity index (χ0v) is 14.6. The van der Waals surface area contributed by atoms with Crippen molar-refractivity contribution in [2.75, 3.05) is 12.5 Å². The van der Waals surface area contributed by atoms with E-state index in [1.54, 1.807) is 48.5 Å². The number of fused-ring (bicyclic) bond motifs is 5. The van der Waals surface area contributed by atoms with Crippen molar-refractivity contribution in [3.63, 3.8) is 0 Å². The molecule has 0 spiro atoms. The van der Waals surface area contributed by atoms with Crippen LogP contribution in [0.15, 0.2) is 48.5 Å². The summed E-state index contributed by atoms with van der Waals surface area (Å²) in [5, 5.41) is 1.17. The van der Waals surface area contributed by atoms with E-state index in [1.807, 2.05) is 0 Å². The Labute approximate surface area is 139 Å². The van der Waals surface area contributed by atoms with Crippen molar-refractivity contribution in [2.45, 2.75) is 0 Å². The van der Waals surface area contributed by atoms with Crippen molar-refractivity contribution >= 4 is 52.9 Å². The Kier molecular flexibility index (Phi) is 2.92. The summed E-state index contributed by atoms with van der Waals surface area (Å²) in [6.45, 7) is 0. The molecule has 0 aliphatic rings. The van der Waals surface area contributed by atoms with Crippen LogP contribution in [0.4, 0.5) is 0 Å². The quantitative estimate of drug-likeness (QED) is 0.548. The molecule has 4 aromatic rings. The zero-order chi connectivity index (χ0) is 17.3. The molecular formula is C16H14N2O4S2. The molecule has 0 aliphatic heterocycles. The molecule has 8 heteroatoms. The van der Waals surface area contributed by atoms with E-state index in [-0.39, 0.29) is 0 Å². The van der Waals surface area contributed by atoms with Gasteiger partial charge in [0.15, 0.2) is 0 Å². The second-order valence-electron chi connectivity index (χ2n) is 5.79. The number of hydrogen-bond donors (Lipinski definition) is 0. The van der Waals surface area contributed by atoms with E-state index in [9.17, 15) is 16.8 Å². The molecule has 0 amide bonds. The van der Waals surface area contributed by atoms with Crippen LogP contribution >= 0.6 is 0 Å². The first-order valence-electron chi connectivity index (χ1n) is 7.15. The van der Waals surface area contributed by atoms with E-state index in [0.717, 1.165) is 12.5 Å². The van der Waals surface area contributed by atoms with E-state index in [4.69, 9.17) is 0 Å². The van der Waals surface area contributed by atoms with Crippen LogP contribution in [0.3, 0.4) is 0 Å². The standard InChI is InChI=1S/C16H14N2O4S2/c1-23(19,20)17-13-9-5-3-7-11(13)16-15(17)12-8-4-6-10-14(12)18(16)24(2,21)22/h3-10H,1-2H3. The van der Waals surface area contributed by atoms with Crippen molar-refractivity contribution in [2.24, 2.45) is 0 Å². The average molecular weight is 362 g/mol. The molecule has 24 heavy (non-hydrogen) atoms. The van der Waals surface area contributed by atoms with Crippen molar-refractivity contribution in [3.8, 4) is 0 Å². The van der Waals surface area contributed by atoms with Gasteiger partial charge in [-0.2, -0.15) is 0 Å². The van der Waals surface area contributed by atoms with Gasteiger partial charge in [0.25, 0.3) is 0 Å². The Balaban J connectivity index is 2.51. The Bertz CT molecular complexity index is 1240. The second kappa shape index (κ2) is 4.61. The van der Waals surface area contributed by atoms with Gasteiger partial charge in [-0.25, -0.2) is 24.8 Å². The third kappa shape index (κ3) is 1.93. The van der Waals surface area contributed by atoms with Gasteiger partial charge in [0.1, 0.15) is 0 Å². The molecule has 6 nitrogen and oxygen atoms in total. The van der Waals surface area contributed by atoms with Crippen LogP contribution in [-0.2, 0) is 20.0 Å². The molecule has 0 atom stereocenters. The first-order chi connectivity index (χ1) is 11.2. The van der Waals surface area contributed by atoms with Crippen LogP contribution in [0.5, 0.6) is 0 Å². The first-order valence-corrected chi connectivity index (χ1v) is 10.8. The molecule has 0 N–H and O–H groups in total. The Morgan fingerprint density at radius 1 is 0.625 bits per heavy atom. The molecule has 2 aromatic carbocycles. The highest BCUT2D eigenvalue weighted by Crippen LogP contribution is 2.38. The Hall–Kier alpha value is -2.32. The van der Waals surface area contributed by atoms with Crippen molar-refractivity contribution in [1.82, 2.24) is 7.94 Å². The van der Waals surface area contributed by atoms with Gasteiger partial charge in [0, 0.05) is 10.8 Å². The average Bonchev–Trinajstić information content (AvgIpc) is 2.98. The largest absolute Gasteiger partial charge is 0.236 e. The lowest BCUT2D eigenvalue weighted by Gasteiger charge is -2.05. The maximum absolute atomic E-state index is 12.4. The van der Waals surface area contributed by atoms with E-state index >= 15 is 0 Å². The van der Waals surface area contributed by atoms with E-state index in [2.05, 4.69) is 0 Å². The Morgan fingerprint density at radius 3 is 1.29 bits per heavy atom. The fraction of sp³-hybridized carbons (Fsp3) is 0.125. The summed E-state index contributed by atoms with van der Waals surface area (Å²) in [7, 11) is -7.26. The molecule has 0 unspecified atom stereocenters. The summed E-state index contributed by atoms with van der Waals surface area (Å²) >= 11 is 0. The van der Waals surface area contributed by atoms with Crippen LogP contribution in [-0.4, -0.2) is 37.3 Å². The van der Waals surface area contributed by atoms with Gasteiger partial charge >= 0.3 is 0 Å². The minimum absolute atomic E-state index is 0.389. The fourth-order valence-corrected chi connectivity index (χ4v) is 5.36. The molecule has 2 aromatic heterocycles. The molecule has 0 aliphatic carbocycles. The van der Waals surface area contributed by atoms with Gasteiger partial charge < -0.3 is 0 Å². The number of hydrogen-bond acceptors (Lipinski definition) is 4. The summed E-state index contributed by atoms with van der Waals surface area (Å²) in [5.74, 6) is 0. The lowest BCUT2D eigenvalue weighted by atomic mass is 10.2. The van der Waals surface area contributed by atoms with Gasteiger partial charge in [-0.1, -0.05) is 36.4 Å². The van der Waals surface area contributed by atoms with Gasteiger partial charge in [-0.3, -0.25) is 0 Å². The number of para-hydroxylation sites is 2. The minimum Gasteiger partial charge on any atom is -0.235 e. The monoisotopic (exact) mass is 362 g/mol. The zero-order valence-electron chi connectivity index (χ0n) is 13.0. The first kappa shape index (κ1) is 15.2. The van der Waals surface area contributed by atoms with Crippen LogP contribution in [0.1, 0.15) is 0 Å². The van der Waals surface area contributed by atoms with Crippen LogP contribution in [0.2, 0.25) is 0 Å². The van der Waals surface area contributed by atoms with E-state index < -0.39 is 20.0 Å². The maximum Gasteiger partial charge on any atom is 0.236 e. The summed E-state index contributed by atoms with van der Waals surface area (Å²) in [5.41, 5.74) is 1.71. The number of benzene rings is 2. The van der Waals surface area contributed by atoms with Crippen LogP contribution in [0, 0.1) is 0 Å². The lowest BCUT2D eigenvalue weighted by Crippen LogP contribution is -2.09. The molecule has 124 valence electrons. The summed E-state index contributed by atoms with van der Waals surface area (Å²) in [4.78, 5) is 0. The highest BCUT2D eigenvalue weighted by Gasteiger charge is 2.26. The summed E-state index contributed by atoms with van der Waals surface area (Å²) < 4.78 is 52.2. The lowest BCUT2D eigenvalue weighted by molar-refractivity contribution is 0.594. The van der Waals surface area contributed by atoms with Gasteiger partial charge in [0.05, 0.1) is 34.6 Å². The minimum atomic E-state index is -3.63. The second-order valence-corrected chi connectivity index (χ2v) is 9.45. The molecule has 0 fully saturated rings. The number of aromatic nitrogens is 2. The fourth-order valence-electron chi connectivity index (χ4n) is 3.30. The Morgan fingerprint density at radius 2 is 0.958 bits per heavy atom. The molecule has 2 heterocycles. The van der Waals surface area contributed by atoms with E-state index in [1.165, 1.54) is 7.94 Å². The predicted octanol–water partition coefficient (Wildman–Crippen LogP) is 2.36. The smallest absolute Gasteiger partial charge is 0.235 e. The highest BCUT2D eigenvalue weighted by molar-refractivity contribution is 7.90. The summed E-state index contributed by atoms with van der Waals surface area (Å²) in [6.07, 6.45) is 2.23. The SMILES string of the molecule is CS(=O)(=O)n1c2ccccc2c2c1c1ccccc1n2S(C)(=O)=O. The normalized spacial score (nSPS) is 13.2. The van der Waals surface area contributed by atoms with Gasteiger partial charge in [0.2, 0.25) is 20.0 Å². The van der Waals surface area contributed by atoms with Gasteiger partial charge in [-0.05, 0) is 12.1 Å². The van der Waals surface area contributed by atoms with Crippen molar-refractivity contribution < 1.29 is 16.8 Å². The third-order valence-electron chi connectivity index (χ3n) is 4.05. The van der Waals surface area contributed by atoms with Gasteiger partial charge in [-0.15, -0.1) is 0 Å². The van der Waals surface area contributed by atoms with E-state index in [0.29, 0.717) is 32.8 Å². The predicted molar refractivity (Wildman–Crippen MR) is 95.4 cm³/mol. The highest BCUT2D eigenvalue weighted by atomic mass is 32.2. The molecule has 0 saturated heterocycles. The maximum atomic E-state index is 12.4. The van der Waals surface area contributed by atoms with Crippen molar-refractivity contribution in [1.29, 1.82) is 0 Å². The topological polar surface area (TPSA) is 78.1 Å². The molecule has 0 saturated carbocycles.